The van der Waals surface area contributed by atoms with Gasteiger partial charge in [-0.2, -0.15) is 0 Å². The molecule has 9 aromatic rings. The van der Waals surface area contributed by atoms with Crippen LogP contribution in [0.4, 0.5) is 0 Å². The Morgan fingerprint density at radius 3 is 1.49 bits per heavy atom. The molecule has 0 radical (unpaired) electrons. The van der Waals surface area contributed by atoms with Crippen molar-refractivity contribution in [3.63, 3.8) is 0 Å². The molecule has 0 saturated heterocycles. The molecular weight excluding hydrogens is 513 g/mol. The van der Waals surface area contributed by atoms with Crippen LogP contribution in [0, 0.1) is 0 Å². The Labute approximate surface area is 241 Å². The lowest BCUT2D eigenvalue weighted by atomic mass is 9.83. The molecule has 0 saturated carbocycles. The average molecular weight is 537 g/mol. The number of benzene rings is 8. The maximum atomic E-state index is 2.46. The molecule has 0 aliphatic carbocycles. The lowest BCUT2D eigenvalue weighted by molar-refractivity contribution is 1.69. The fourth-order valence-corrected chi connectivity index (χ4v) is 8.13. The molecule has 41 heavy (non-hydrogen) atoms. The standard InChI is InChI=1S/C40H24S/c1-2-14-26-25(12-1)13-11-22-29(26)38-30-17-4-6-19-32(30)39(33-20-7-5-18-31(33)38)35-24-36-28-16-9-10-23-37(28)41-40(36)34-21-8-3-15-27(34)35/h1-24H. The van der Waals surface area contributed by atoms with Crippen molar-refractivity contribution in [3.05, 3.63) is 146 Å². The van der Waals surface area contributed by atoms with Crippen molar-refractivity contribution in [2.75, 3.05) is 0 Å². The van der Waals surface area contributed by atoms with Gasteiger partial charge in [0.05, 0.1) is 0 Å². The van der Waals surface area contributed by atoms with Gasteiger partial charge in [0.15, 0.2) is 0 Å². The van der Waals surface area contributed by atoms with E-state index < -0.39 is 0 Å². The quantitative estimate of drug-likeness (QED) is 0.193. The first-order valence-electron chi connectivity index (χ1n) is 14.1. The Balaban J connectivity index is 1.50. The first kappa shape index (κ1) is 22.8. The molecular formula is C40H24S. The summed E-state index contributed by atoms with van der Waals surface area (Å²) in [6, 6.07) is 53.7. The summed E-state index contributed by atoms with van der Waals surface area (Å²) < 4.78 is 2.71. The van der Waals surface area contributed by atoms with E-state index in [9.17, 15) is 0 Å². The van der Waals surface area contributed by atoms with Crippen molar-refractivity contribution in [2.45, 2.75) is 0 Å². The van der Waals surface area contributed by atoms with Crippen molar-refractivity contribution < 1.29 is 0 Å². The number of fused-ring (bicyclic) bond motifs is 8. The van der Waals surface area contributed by atoms with Gasteiger partial charge in [0, 0.05) is 25.6 Å². The van der Waals surface area contributed by atoms with E-state index in [0.717, 1.165) is 0 Å². The molecule has 0 unspecified atom stereocenters. The highest BCUT2D eigenvalue weighted by Crippen LogP contribution is 2.49. The Hall–Kier alpha value is -4.98. The van der Waals surface area contributed by atoms with Crippen LogP contribution in [0.5, 0.6) is 0 Å². The lowest BCUT2D eigenvalue weighted by Gasteiger charge is -2.20. The smallest absolute Gasteiger partial charge is 0.0434 e. The summed E-state index contributed by atoms with van der Waals surface area (Å²) in [5, 5.41) is 13.0. The highest BCUT2D eigenvalue weighted by molar-refractivity contribution is 7.26. The summed E-state index contributed by atoms with van der Waals surface area (Å²) >= 11 is 1.90. The normalized spacial score (nSPS) is 11.9. The zero-order chi connectivity index (χ0) is 26.9. The number of thiophene rings is 1. The molecule has 1 heteroatoms. The van der Waals surface area contributed by atoms with Crippen LogP contribution in [0.3, 0.4) is 0 Å². The van der Waals surface area contributed by atoms with Gasteiger partial charge >= 0.3 is 0 Å². The van der Waals surface area contributed by atoms with E-state index in [1.54, 1.807) is 0 Å². The molecule has 0 N–H and O–H groups in total. The first-order valence-corrected chi connectivity index (χ1v) is 14.9. The number of hydrogen-bond donors (Lipinski definition) is 0. The highest BCUT2D eigenvalue weighted by Gasteiger charge is 2.20. The van der Waals surface area contributed by atoms with Crippen LogP contribution in [0.25, 0.3) is 85.5 Å². The summed E-state index contributed by atoms with van der Waals surface area (Å²) in [4.78, 5) is 0. The minimum atomic E-state index is 1.27. The zero-order valence-corrected chi connectivity index (χ0v) is 23.1. The Bertz CT molecular complexity index is 2410. The van der Waals surface area contributed by atoms with Gasteiger partial charge in [-0.1, -0.05) is 133 Å². The highest BCUT2D eigenvalue weighted by atomic mass is 32.1. The van der Waals surface area contributed by atoms with Gasteiger partial charge < -0.3 is 0 Å². The van der Waals surface area contributed by atoms with Crippen molar-refractivity contribution in [2.24, 2.45) is 0 Å². The average Bonchev–Trinajstić information content (AvgIpc) is 3.42. The van der Waals surface area contributed by atoms with Gasteiger partial charge in [0.1, 0.15) is 0 Å². The third-order valence-corrected chi connectivity index (χ3v) is 9.86. The van der Waals surface area contributed by atoms with E-state index in [-0.39, 0.29) is 0 Å². The molecule has 0 aliphatic heterocycles. The van der Waals surface area contributed by atoms with Crippen LogP contribution in [0.1, 0.15) is 0 Å². The molecule has 0 atom stereocenters. The minimum Gasteiger partial charge on any atom is -0.135 e. The largest absolute Gasteiger partial charge is 0.135 e. The van der Waals surface area contributed by atoms with Crippen LogP contribution >= 0.6 is 11.3 Å². The van der Waals surface area contributed by atoms with Crippen molar-refractivity contribution in [1.29, 1.82) is 0 Å². The third kappa shape index (κ3) is 3.27. The van der Waals surface area contributed by atoms with Gasteiger partial charge in [-0.25, -0.2) is 0 Å². The van der Waals surface area contributed by atoms with Gasteiger partial charge in [-0.05, 0) is 72.1 Å². The maximum absolute atomic E-state index is 2.46. The summed E-state index contributed by atoms with van der Waals surface area (Å²) in [5.74, 6) is 0. The lowest BCUT2D eigenvalue weighted by Crippen LogP contribution is -1.92. The molecule has 190 valence electrons. The predicted molar refractivity (Wildman–Crippen MR) is 180 cm³/mol. The molecule has 8 aromatic carbocycles. The summed E-state index contributed by atoms with van der Waals surface area (Å²) in [7, 11) is 0. The second-order valence-corrected chi connectivity index (χ2v) is 11.9. The SMILES string of the molecule is c1ccc2c(-c3c4ccccc4c(-c4cc5c6ccccc6sc5c5ccccc45)c4ccccc34)cccc2c1. The van der Waals surface area contributed by atoms with E-state index >= 15 is 0 Å². The second-order valence-electron chi connectivity index (χ2n) is 10.8. The molecule has 0 nitrogen and oxygen atoms in total. The van der Waals surface area contributed by atoms with E-state index in [1.165, 1.54) is 85.5 Å². The van der Waals surface area contributed by atoms with Crippen LogP contribution in [-0.4, -0.2) is 0 Å². The van der Waals surface area contributed by atoms with E-state index in [2.05, 4.69) is 146 Å². The Kier molecular flexibility index (Phi) is 4.87. The third-order valence-electron chi connectivity index (χ3n) is 8.64. The van der Waals surface area contributed by atoms with Crippen molar-refractivity contribution in [1.82, 2.24) is 0 Å². The number of hydrogen-bond acceptors (Lipinski definition) is 1. The molecule has 0 aliphatic rings. The molecule has 0 amide bonds. The van der Waals surface area contributed by atoms with Crippen LogP contribution in [-0.2, 0) is 0 Å². The van der Waals surface area contributed by atoms with E-state index in [4.69, 9.17) is 0 Å². The Morgan fingerprint density at radius 2 is 0.805 bits per heavy atom. The second kappa shape index (κ2) is 8.76. The molecule has 9 rings (SSSR count). The van der Waals surface area contributed by atoms with Crippen LogP contribution in [0.2, 0.25) is 0 Å². The summed E-state index contributed by atoms with van der Waals surface area (Å²) in [6.45, 7) is 0. The van der Waals surface area contributed by atoms with Gasteiger partial charge in [-0.15, -0.1) is 11.3 Å². The van der Waals surface area contributed by atoms with Crippen LogP contribution in [0.15, 0.2) is 146 Å². The fraction of sp³-hybridized carbons (Fsp3) is 0. The van der Waals surface area contributed by atoms with Crippen LogP contribution < -0.4 is 0 Å². The van der Waals surface area contributed by atoms with Gasteiger partial charge in [0.2, 0.25) is 0 Å². The van der Waals surface area contributed by atoms with E-state index in [1.807, 2.05) is 11.3 Å². The first-order chi connectivity index (χ1) is 20.4. The van der Waals surface area contributed by atoms with Gasteiger partial charge in [0.25, 0.3) is 0 Å². The number of rotatable bonds is 2. The van der Waals surface area contributed by atoms with Crippen molar-refractivity contribution in [3.8, 4) is 22.3 Å². The monoisotopic (exact) mass is 536 g/mol. The topological polar surface area (TPSA) is 0 Å². The minimum absolute atomic E-state index is 1.27. The molecule has 0 bridgehead atoms. The molecule has 0 fully saturated rings. The van der Waals surface area contributed by atoms with Gasteiger partial charge in [-0.3, -0.25) is 0 Å². The summed E-state index contributed by atoms with van der Waals surface area (Å²) in [5.41, 5.74) is 5.20. The Morgan fingerprint density at radius 1 is 0.317 bits per heavy atom. The molecule has 0 spiro atoms. The predicted octanol–water partition coefficient (Wildman–Crippen LogP) is 12.0. The van der Waals surface area contributed by atoms with E-state index in [0.29, 0.717) is 0 Å². The molecule has 1 heterocycles. The summed E-state index contributed by atoms with van der Waals surface area (Å²) in [6.07, 6.45) is 0. The van der Waals surface area contributed by atoms with Crippen molar-refractivity contribution >= 4 is 74.6 Å². The molecule has 1 aromatic heterocycles. The fourth-order valence-electron chi connectivity index (χ4n) is 6.91. The maximum Gasteiger partial charge on any atom is 0.0434 e. The zero-order valence-electron chi connectivity index (χ0n) is 22.3.